The van der Waals surface area contributed by atoms with Gasteiger partial charge in [-0.05, 0) is 39.0 Å². The summed E-state index contributed by atoms with van der Waals surface area (Å²) in [7, 11) is 1.82. The van der Waals surface area contributed by atoms with Gasteiger partial charge in [0.2, 0.25) is 11.9 Å². The summed E-state index contributed by atoms with van der Waals surface area (Å²) in [5.74, 6) is 1.75. The molecule has 0 radical (unpaired) electrons. The molecule has 1 fully saturated rings. The lowest BCUT2D eigenvalue weighted by Gasteiger charge is -2.19. The predicted octanol–water partition coefficient (Wildman–Crippen LogP) is 0.562. The van der Waals surface area contributed by atoms with Crippen molar-refractivity contribution in [2.45, 2.75) is 32.6 Å². The van der Waals surface area contributed by atoms with Gasteiger partial charge in [-0.3, -0.25) is 15.0 Å². The molecule has 1 aliphatic rings. The van der Waals surface area contributed by atoms with E-state index in [1.807, 2.05) is 20.9 Å². The number of carbonyl (C=O) groups is 1. The lowest BCUT2D eigenvalue weighted by molar-refractivity contribution is -0.117. The quantitative estimate of drug-likeness (QED) is 0.802. The minimum atomic E-state index is -0.0361. The molecule has 7 heteroatoms. The molecule has 7 nitrogen and oxygen atoms in total. The molecule has 1 aromatic heterocycles. The maximum absolute atomic E-state index is 12.0. The van der Waals surface area contributed by atoms with E-state index in [1.54, 1.807) is 4.68 Å². The van der Waals surface area contributed by atoms with Crippen LogP contribution in [0.5, 0.6) is 0 Å². The second-order valence-electron chi connectivity index (χ2n) is 5.45. The zero-order valence-corrected chi connectivity index (χ0v) is 13.2. The number of likely N-dealkylation sites (N-methyl/N-ethyl adjacent to an activating group) is 1. The van der Waals surface area contributed by atoms with Crippen molar-refractivity contribution >= 4 is 11.9 Å². The van der Waals surface area contributed by atoms with Crippen molar-refractivity contribution in [2.75, 3.05) is 38.0 Å². The van der Waals surface area contributed by atoms with Gasteiger partial charge in [-0.25, -0.2) is 4.68 Å². The molecule has 1 aliphatic heterocycles. The number of hydrogen-bond donors (Lipinski definition) is 2. The number of nitrogens with zero attached hydrogens (tertiary/aromatic N) is 4. The second-order valence-corrected chi connectivity index (χ2v) is 5.45. The fourth-order valence-corrected chi connectivity index (χ4v) is 2.58. The standard InChI is InChI=1S/C14H26N6O/c1-4-20(5-2)10-12(21)16-14-17-13(18-19(14)3)11-6-8-15-9-7-11/h11,15H,4-10H2,1-3H3,(H,16,17,18,21). The van der Waals surface area contributed by atoms with Crippen LogP contribution in [0, 0.1) is 0 Å². The Morgan fingerprint density at radius 1 is 1.38 bits per heavy atom. The molecule has 2 rings (SSSR count). The minimum absolute atomic E-state index is 0.0361. The number of rotatable bonds is 6. The Morgan fingerprint density at radius 2 is 2.05 bits per heavy atom. The summed E-state index contributed by atoms with van der Waals surface area (Å²) >= 11 is 0. The van der Waals surface area contributed by atoms with E-state index in [0.717, 1.165) is 44.8 Å². The molecule has 0 bridgehead atoms. The minimum Gasteiger partial charge on any atom is -0.317 e. The summed E-state index contributed by atoms with van der Waals surface area (Å²) in [4.78, 5) is 18.6. The molecule has 0 aliphatic carbocycles. The van der Waals surface area contributed by atoms with Crippen molar-refractivity contribution in [3.05, 3.63) is 5.82 Å². The van der Waals surface area contributed by atoms with E-state index < -0.39 is 0 Å². The van der Waals surface area contributed by atoms with E-state index in [-0.39, 0.29) is 5.91 Å². The lowest BCUT2D eigenvalue weighted by atomic mass is 9.98. The van der Waals surface area contributed by atoms with E-state index in [1.165, 1.54) is 0 Å². The van der Waals surface area contributed by atoms with E-state index >= 15 is 0 Å². The highest BCUT2D eigenvalue weighted by Crippen LogP contribution is 2.23. The Balaban J connectivity index is 1.97. The molecule has 1 saturated heterocycles. The number of hydrogen-bond acceptors (Lipinski definition) is 5. The number of anilines is 1. The van der Waals surface area contributed by atoms with Gasteiger partial charge in [0.05, 0.1) is 6.54 Å². The molecule has 1 aromatic rings. The van der Waals surface area contributed by atoms with Gasteiger partial charge in [-0.15, -0.1) is 0 Å². The Bertz CT molecular complexity index is 462. The molecule has 0 spiro atoms. The number of nitrogens with one attached hydrogen (secondary N) is 2. The fourth-order valence-electron chi connectivity index (χ4n) is 2.58. The van der Waals surface area contributed by atoms with Crippen LogP contribution in [0.3, 0.4) is 0 Å². The first kappa shape index (κ1) is 15.9. The van der Waals surface area contributed by atoms with Gasteiger partial charge in [-0.2, -0.15) is 10.1 Å². The lowest BCUT2D eigenvalue weighted by Crippen LogP contribution is -2.33. The average molecular weight is 294 g/mol. The number of piperidine rings is 1. The van der Waals surface area contributed by atoms with Gasteiger partial charge in [-0.1, -0.05) is 13.8 Å². The monoisotopic (exact) mass is 294 g/mol. The third kappa shape index (κ3) is 4.25. The second kappa shape index (κ2) is 7.51. The van der Waals surface area contributed by atoms with Crippen molar-refractivity contribution in [1.82, 2.24) is 25.0 Å². The number of carbonyl (C=O) groups excluding carboxylic acids is 1. The maximum Gasteiger partial charge on any atom is 0.240 e. The van der Waals surface area contributed by atoms with Crippen LogP contribution in [0.4, 0.5) is 5.95 Å². The predicted molar refractivity (Wildman–Crippen MR) is 82.3 cm³/mol. The SMILES string of the molecule is CCN(CC)CC(=O)Nc1nc(C2CCNCC2)nn1C. The third-order valence-electron chi connectivity index (χ3n) is 4.00. The fraction of sp³-hybridized carbons (Fsp3) is 0.786. The number of aromatic nitrogens is 3. The van der Waals surface area contributed by atoms with Crippen LogP contribution in [-0.2, 0) is 11.8 Å². The molecule has 2 heterocycles. The third-order valence-corrected chi connectivity index (χ3v) is 4.00. The zero-order valence-electron chi connectivity index (χ0n) is 13.2. The van der Waals surface area contributed by atoms with Gasteiger partial charge >= 0.3 is 0 Å². The Hall–Kier alpha value is -1.47. The summed E-state index contributed by atoms with van der Waals surface area (Å²) in [6.45, 7) is 8.23. The van der Waals surface area contributed by atoms with Crippen LogP contribution in [0.25, 0.3) is 0 Å². The van der Waals surface area contributed by atoms with E-state index in [9.17, 15) is 4.79 Å². The molecular formula is C14H26N6O. The number of aryl methyl sites for hydroxylation is 1. The van der Waals surface area contributed by atoms with Crippen molar-refractivity contribution in [3.8, 4) is 0 Å². The summed E-state index contributed by atoms with van der Waals surface area (Å²) in [5.41, 5.74) is 0. The molecule has 0 saturated carbocycles. The van der Waals surface area contributed by atoms with Gasteiger partial charge < -0.3 is 5.32 Å². The molecule has 118 valence electrons. The van der Waals surface area contributed by atoms with Crippen LogP contribution < -0.4 is 10.6 Å². The number of amides is 1. The largest absolute Gasteiger partial charge is 0.317 e. The summed E-state index contributed by atoms with van der Waals surface area (Å²) < 4.78 is 1.66. The highest BCUT2D eigenvalue weighted by Gasteiger charge is 2.21. The summed E-state index contributed by atoms with van der Waals surface area (Å²) in [6.07, 6.45) is 2.10. The van der Waals surface area contributed by atoms with Gasteiger partial charge in [0.15, 0.2) is 5.82 Å². The van der Waals surface area contributed by atoms with E-state index in [2.05, 4.69) is 25.6 Å². The van der Waals surface area contributed by atoms with Crippen LogP contribution in [-0.4, -0.2) is 58.3 Å². The van der Waals surface area contributed by atoms with E-state index in [4.69, 9.17) is 0 Å². The van der Waals surface area contributed by atoms with Crippen LogP contribution in [0.2, 0.25) is 0 Å². The van der Waals surface area contributed by atoms with Crippen LogP contribution >= 0.6 is 0 Å². The molecule has 0 atom stereocenters. The molecular weight excluding hydrogens is 268 g/mol. The van der Waals surface area contributed by atoms with Gasteiger partial charge in [0, 0.05) is 13.0 Å². The van der Waals surface area contributed by atoms with Gasteiger partial charge in [0.1, 0.15) is 0 Å². The van der Waals surface area contributed by atoms with Crippen molar-refractivity contribution in [1.29, 1.82) is 0 Å². The topological polar surface area (TPSA) is 75.1 Å². The first-order chi connectivity index (χ1) is 10.1. The molecule has 1 amide bonds. The normalized spacial score (nSPS) is 16.4. The highest BCUT2D eigenvalue weighted by atomic mass is 16.2. The molecule has 0 unspecified atom stereocenters. The van der Waals surface area contributed by atoms with Crippen LogP contribution in [0.15, 0.2) is 0 Å². The van der Waals surface area contributed by atoms with E-state index in [0.29, 0.717) is 18.4 Å². The summed E-state index contributed by atoms with van der Waals surface area (Å²) in [5, 5.41) is 10.7. The first-order valence-corrected chi connectivity index (χ1v) is 7.77. The molecule has 21 heavy (non-hydrogen) atoms. The van der Waals surface area contributed by atoms with Crippen molar-refractivity contribution in [3.63, 3.8) is 0 Å². The molecule has 0 aromatic carbocycles. The molecule has 2 N–H and O–H groups in total. The van der Waals surface area contributed by atoms with Crippen LogP contribution in [0.1, 0.15) is 38.4 Å². The zero-order chi connectivity index (χ0) is 15.2. The first-order valence-electron chi connectivity index (χ1n) is 7.77. The Morgan fingerprint density at radius 3 is 2.67 bits per heavy atom. The van der Waals surface area contributed by atoms with Crippen molar-refractivity contribution < 1.29 is 4.79 Å². The van der Waals surface area contributed by atoms with Gasteiger partial charge in [0.25, 0.3) is 0 Å². The Labute approximate surface area is 126 Å². The highest BCUT2D eigenvalue weighted by molar-refractivity contribution is 5.90. The summed E-state index contributed by atoms with van der Waals surface area (Å²) in [6, 6.07) is 0. The van der Waals surface area contributed by atoms with Crippen molar-refractivity contribution in [2.24, 2.45) is 7.05 Å². The average Bonchev–Trinajstić information content (AvgIpc) is 2.87. The maximum atomic E-state index is 12.0. The Kier molecular flexibility index (Phi) is 5.69. The smallest absolute Gasteiger partial charge is 0.240 e.